The number of nitrogens with zero attached hydrogens (tertiary/aromatic N) is 2. The van der Waals surface area contributed by atoms with Crippen molar-refractivity contribution in [2.45, 2.75) is 19.8 Å². The standard InChI is InChI=1S/C22H24N2O6/c1-6-11-29-21(25)18-14(3)23(5)15(4)19(22(26)30-12-7-2)20(18)16-9-8-10-17(13-16)24(27)28/h6-10,13,20H,1-2,11-12H2,3-5H3. The Morgan fingerprint density at radius 1 is 1.10 bits per heavy atom. The van der Waals surface area contributed by atoms with Crippen molar-refractivity contribution in [1.29, 1.82) is 0 Å². The van der Waals surface area contributed by atoms with Crippen LogP contribution in [0, 0.1) is 10.1 Å². The Hall–Kier alpha value is -3.68. The predicted molar refractivity (Wildman–Crippen MR) is 111 cm³/mol. The van der Waals surface area contributed by atoms with Crippen molar-refractivity contribution in [1.82, 2.24) is 4.90 Å². The van der Waals surface area contributed by atoms with Crippen LogP contribution in [-0.4, -0.2) is 42.0 Å². The minimum atomic E-state index is -0.893. The summed E-state index contributed by atoms with van der Waals surface area (Å²) >= 11 is 0. The molecule has 0 radical (unpaired) electrons. The van der Waals surface area contributed by atoms with Gasteiger partial charge in [0.2, 0.25) is 0 Å². The normalized spacial score (nSPS) is 14.4. The minimum absolute atomic E-state index is 0.0140. The van der Waals surface area contributed by atoms with E-state index in [1.807, 2.05) is 0 Å². The van der Waals surface area contributed by atoms with Gasteiger partial charge in [0.1, 0.15) is 13.2 Å². The second kappa shape index (κ2) is 9.69. The number of rotatable bonds is 8. The van der Waals surface area contributed by atoms with Gasteiger partial charge < -0.3 is 14.4 Å². The van der Waals surface area contributed by atoms with Gasteiger partial charge >= 0.3 is 11.9 Å². The van der Waals surface area contributed by atoms with Crippen LogP contribution in [0.2, 0.25) is 0 Å². The number of esters is 2. The predicted octanol–water partition coefficient (Wildman–Crippen LogP) is 3.63. The summed E-state index contributed by atoms with van der Waals surface area (Å²) < 4.78 is 10.5. The highest BCUT2D eigenvalue weighted by molar-refractivity contribution is 6.00. The zero-order chi connectivity index (χ0) is 22.4. The molecule has 0 saturated carbocycles. The Labute approximate surface area is 174 Å². The zero-order valence-electron chi connectivity index (χ0n) is 17.2. The summed E-state index contributed by atoms with van der Waals surface area (Å²) in [4.78, 5) is 38.3. The molecule has 0 aliphatic carbocycles. The summed E-state index contributed by atoms with van der Waals surface area (Å²) in [6.07, 6.45) is 2.87. The third kappa shape index (κ3) is 4.48. The molecule has 0 unspecified atom stereocenters. The maximum atomic E-state index is 12.9. The van der Waals surface area contributed by atoms with Crippen molar-refractivity contribution < 1.29 is 24.0 Å². The summed E-state index contributed by atoms with van der Waals surface area (Å²) in [6.45, 7) is 10.5. The van der Waals surface area contributed by atoms with Crippen LogP contribution in [0.15, 0.2) is 72.1 Å². The molecule has 30 heavy (non-hydrogen) atoms. The Morgan fingerprint density at radius 2 is 1.60 bits per heavy atom. The van der Waals surface area contributed by atoms with Crippen LogP contribution in [0.1, 0.15) is 25.3 Å². The van der Waals surface area contributed by atoms with E-state index in [0.29, 0.717) is 17.0 Å². The van der Waals surface area contributed by atoms with Crippen LogP contribution >= 0.6 is 0 Å². The maximum Gasteiger partial charge on any atom is 0.337 e. The molecule has 1 aliphatic rings. The number of benzene rings is 1. The van der Waals surface area contributed by atoms with E-state index in [9.17, 15) is 19.7 Å². The third-order valence-electron chi connectivity index (χ3n) is 4.88. The molecule has 8 heteroatoms. The smallest absolute Gasteiger partial charge is 0.337 e. The highest BCUT2D eigenvalue weighted by Gasteiger charge is 2.40. The second-order valence-electron chi connectivity index (χ2n) is 6.62. The van der Waals surface area contributed by atoms with Crippen molar-refractivity contribution in [2.75, 3.05) is 20.3 Å². The van der Waals surface area contributed by atoms with Crippen LogP contribution in [0.5, 0.6) is 0 Å². The number of carbonyl (C=O) groups is 2. The number of hydrogen-bond donors (Lipinski definition) is 0. The SMILES string of the molecule is C=CCOC(=O)C1=C(C)N(C)C(C)=C(C(=O)OCC=C)C1c1cccc([N+](=O)[O-])c1. The second-order valence-corrected chi connectivity index (χ2v) is 6.62. The molecule has 0 amide bonds. The molecule has 0 aromatic heterocycles. The monoisotopic (exact) mass is 412 g/mol. The lowest BCUT2D eigenvalue weighted by Crippen LogP contribution is -2.33. The molecule has 0 atom stereocenters. The van der Waals surface area contributed by atoms with Gasteiger partial charge in [0.15, 0.2) is 0 Å². The summed E-state index contributed by atoms with van der Waals surface area (Å²) in [7, 11) is 1.72. The highest BCUT2D eigenvalue weighted by atomic mass is 16.6. The lowest BCUT2D eigenvalue weighted by Gasteiger charge is -2.35. The molecule has 8 nitrogen and oxygen atoms in total. The van der Waals surface area contributed by atoms with E-state index in [2.05, 4.69) is 13.2 Å². The van der Waals surface area contributed by atoms with Gasteiger partial charge in [-0.05, 0) is 19.4 Å². The largest absolute Gasteiger partial charge is 0.458 e. The van der Waals surface area contributed by atoms with E-state index < -0.39 is 22.8 Å². The van der Waals surface area contributed by atoms with E-state index in [-0.39, 0.29) is 30.0 Å². The van der Waals surface area contributed by atoms with Gasteiger partial charge in [-0.2, -0.15) is 0 Å². The van der Waals surface area contributed by atoms with E-state index in [1.54, 1.807) is 31.9 Å². The summed E-state index contributed by atoms with van der Waals surface area (Å²) in [5, 5.41) is 11.3. The third-order valence-corrected chi connectivity index (χ3v) is 4.88. The topological polar surface area (TPSA) is 99.0 Å². The van der Waals surface area contributed by atoms with Crippen LogP contribution in [-0.2, 0) is 19.1 Å². The number of non-ortho nitro benzene ring substituents is 1. The molecule has 0 saturated heterocycles. The van der Waals surface area contributed by atoms with Gasteiger partial charge in [0.05, 0.1) is 22.0 Å². The molecule has 1 heterocycles. The van der Waals surface area contributed by atoms with Crippen molar-refractivity contribution in [3.05, 3.63) is 87.8 Å². The first-order valence-electron chi connectivity index (χ1n) is 9.20. The summed E-state index contributed by atoms with van der Waals surface area (Å²) in [5.41, 5.74) is 1.80. The fourth-order valence-electron chi connectivity index (χ4n) is 3.28. The van der Waals surface area contributed by atoms with E-state index >= 15 is 0 Å². The molecule has 0 bridgehead atoms. The van der Waals surface area contributed by atoms with Crippen molar-refractivity contribution in [3.63, 3.8) is 0 Å². The number of ether oxygens (including phenoxy) is 2. The van der Waals surface area contributed by atoms with E-state index in [0.717, 1.165) is 0 Å². The van der Waals surface area contributed by atoms with E-state index in [1.165, 1.54) is 30.4 Å². The molecule has 0 N–H and O–H groups in total. The number of nitro groups is 1. The molecule has 1 aliphatic heterocycles. The van der Waals surface area contributed by atoms with Gasteiger partial charge in [-0.3, -0.25) is 10.1 Å². The first kappa shape index (κ1) is 22.6. The Bertz CT molecular complexity index is 912. The molecule has 1 aromatic carbocycles. The first-order chi connectivity index (χ1) is 14.2. The lowest BCUT2D eigenvalue weighted by molar-refractivity contribution is -0.384. The Morgan fingerprint density at radius 3 is 2.03 bits per heavy atom. The molecule has 0 spiro atoms. The van der Waals surface area contributed by atoms with Gasteiger partial charge in [0, 0.05) is 30.6 Å². The molecular formula is C22H24N2O6. The molecule has 1 aromatic rings. The van der Waals surface area contributed by atoms with Crippen LogP contribution in [0.3, 0.4) is 0 Å². The average Bonchev–Trinajstić information content (AvgIpc) is 2.73. The van der Waals surface area contributed by atoms with Gasteiger partial charge in [-0.25, -0.2) is 9.59 Å². The maximum absolute atomic E-state index is 12.9. The Balaban J connectivity index is 2.72. The van der Waals surface area contributed by atoms with Crippen LogP contribution in [0.4, 0.5) is 5.69 Å². The van der Waals surface area contributed by atoms with Gasteiger partial charge in [-0.1, -0.05) is 37.4 Å². The van der Waals surface area contributed by atoms with Gasteiger partial charge in [0.25, 0.3) is 5.69 Å². The highest BCUT2D eigenvalue weighted by Crippen LogP contribution is 2.42. The molecule has 0 fully saturated rings. The fourth-order valence-corrected chi connectivity index (χ4v) is 3.28. The fraction of sp³-hybridized carbons (Fsp3) is 0.273. The lowest BCUT2D eigenvalue weighted by atomic mass is 9.79. The number of carbonyl (C=O) groups excluding carboxylic acids is 2. The number of nitro benzene ring substituents is 1. The van der Waals surface area contributed by atoms with Crippen LogP contribution < -0.4 is 0 Å². The quantitative estimate of drug-likeness (QED) is 0.278. The molecule has 2 rings (SSSR count). The minimum Gasteiger partial charge on any atom is -0.458 e. The summed E-state index contributed by atoms with van der Waals surface area (Å²) in [5.74, 6) is -2.18. The average molecular weight is 412 g/mol. The van der Waals surface area contributed by atoms with Crippen molar-refractivity contribution in [2.24, 2.45) is 0 Å². The number of allylic oxidation sites excluding steroid dienone is 2. The van der Waals surface area contributed by atoms with Crippen molar-refractivity contribution >= 4 is 17.6 Å². The van der Waals surface area contributed by atoms with Crippen molar-refractivity contribution in [3.8, 4) is 0 Å². The summed E-state index contributed by atoms with van der Waals surface area (Å²) in [6, 6.07) is 5.83. The van der Waals surface area contributed by atoms with Gasteiger partial charge in [-0.15, -0.1) is 0 Å². The molecule has 158 valence electrons. The van der Waals surface area contributed by atoms with Crippen LogP contribution in [0.25, 0.3) is 0 Å². The first-order valence-corrected chi connectivity index (χ1v) is 9.20. The zero-order valence-corrected chi connectivity index (χ0v) is 17.2. The molecular weight excluding hydrogens is 388 g/mol. The number of hydrogen-bond acceptors (Lipinski definition) is 7. The van der Waals surface area contributed by atoms with E-state index in [4.69, 9.17) is 9.47 Å². The Kier molecular flexibility index (Phi) is 7.30.